The van der Waals surface area contributed by atoms with Crippen LogP contribution in [0.1, 0.15) is 31.4 Å². The van der Waals surface area contributed by atoms with E-state index in [0.717, 1.165) is 29.7 Å². The first kappa shape index (κ1) is 13.1. The summed E-state index contributed by atoms with van der Waals surface area (Å²) in [6, 6.07) is 3.80. The summed E-state index contributed by atoms with van der Waals surface area (Å²) in [5, 5.41) is 0.664. The van der Waals surface area contributed by atoms with E-state index in [1.54, 1.807) is 4.90 Å². The van der Waals surface area contributed by atoms with Crippen LogP contribution >= 0.6 is 11.6 Å². The van der Waals surface area contributed by atoms with Crippen LogP contribution in [0.5, 0.6) is 0 Å². The van der Waals surface area contributed by atoms with Crippen molar-refractivity contribution in [2.75, 3.05) is 11.4 Å². The summed E-state index contributed by atoms with van der Waals surface area (Å²) >= 11 is 6.20. The van der Waals surface area contributed by atoms with Gasteiger partial charge in [0, 0.05) is 5.02 Å². The summed E-state index contributed by atoms with van der Waals surface area (Å²) in [5.41, 5.74) is 2.88. The van der Waals surface area contributed by atoms with Crippen molar-refractivity contribution in [1.29, 1.82) is 0 Å². The van der Waals surface area contributed by atoms with E-state index in [2.05, 4.69) is 0 Å². The molecule has 96 valence electrons. The van der Waals surface area contributed by atoms with Gasteiger partial charge in [-0.15, -0.1) is 0 Å². The van der Waals surface area contributed by atoms with Gasteiger partial charge < -0.3 is 4.90 Å². The van der Waals surface area contributed by atoms with Crippen LogP contribution < -0.4 is 4.90 Å². The molecule has 18 heavy (non-hydrogen) atoms. The van der Waals surface area contributed by atoms with Gasteiger partial charge in [-0.25, -0.2) is 0 Å². The van der Waals surface area contributed by atoms with E-state index in [1.165, 1.54) is 0 Å². The molecule has 1 aliphatic heterocycles. The lowest BCUT2D eigenvalue weighted by molar-refractivity contribution is -0.121. The number of carbonyl (C=O) groups is 2. The fourth-order valence-corrected chi connectivity index (χ4v) is 2.69. The third-order valence-corrected chi connectivity index (χ3v) is 3.65. The highest BCUT2D eigenvalue weighted by atomic mass is 35.5. The number of nitrogens with zero attached hydrogens (tertiary/aromatic N) is 1. The van der Waals surface area contributed by atoms with Crippen LogP contribution in [0.2, 0.25) is 5.02 Å². The second-order valence-electron chi connectivity index (χ2n) is 4.44. The van der Waals surface area contributed by atoms with Crippen LogP contribution in [0.4, 0.5) is 5.69 Å². The van der Waals surface area contributed by atoms with Gasteiger partial charge in [0.05, 0.1) is 18.7 Å². The zero-order valence-electron chi connectivity index (χ0n) is 10.6. The molecule has 0 radical (unpaired) electrons. The minimum absolute atomic E-state index is 0.0127. The van der Waals surface area contributed by atoms with Gasteiger partial charge in [0.15, 0.2) is 5.78 Å². The van der Waals surface area contributed by atoms with Crippen LogP contribution in [-0.2, 0) is 22.4 Å². The Hall–Kier alpha value is -1.35. The number of rotatable bonds is 3. The smallest absolute Gasteiger partial charge is 0.234 e. The van der Waals surface area contributed by atoms with E-state index in [9.17, 15) is 9.59 Å². The molecule has 1 aromatic carbocycles. The van der Waals surface area contributed by atoms with E-state index in [0.29, 0.717) is 5.02 Å². The first-order valence-corrected chi connectivity index (χ1v) is 6.58. The van der Waals surface area contributed by atoms with Gasteiger partial charge in [0.1, 0.15) is 0 Å². The van der Waals surface area contributed by atoms with Crippen LogP contribution in [0.25, 0.3) is 0 Å². The second kappa shape index (κ2) is 5.11. The molecule has 0 saturated carbocycles. The topological polar surface area (TPSA) is 37.4 Å². The van der Waals surface area contributed by atoms with Gasteiger partial charge in [0.2, 0.25) is 5.91 Å². The maximum absolute atomic E-state index is 11.9. The van der Waals surface area contributed by atoms with Gasteiger partial charge in [-0.1, -0.05) is 31.5 Å². The first-order valence-electron chi connectivity index (χ1n) is 6.20. The number of ketones is 1. The lowest BCUT2D eigenvalue weighted by Crippen LogP contribution is -2.27. The zero-order chi connectivity index (χ0) is 13.3. The third kappa shape index (κ3) is 2.15. The molecule has 0 atom stereocenters. The zero-order valence-corrected chi connectivity index (χ0v) is 11.4. The molecule has 0 unspecified atom stereocenters. The minimum Gasteiger partial charge on any atom is -0.304 e. The van der Waals surface area contributed by atoms with Gasteiger partial charge in [-0.3, -0.25) is 9.59 Å². The number of anilines is 1. The maximum Gasteiger partial charge on any atom is 0.234 e. The Morgan fingerprint density at radius 3 is 2.44 bits per heavy atom. The molecule has 1 aromatic rings. The van der Waals surface area contributed by atoms with Crippen LogP contribution in [0, 0.1) is 0 Å². The van der Waals surface area contributed by atoms with Gasteiger partial charge >= 0.3 is 0 Å². The Balaban J connectivity index is 2.57. The van der Waals surface area contributed by atoms with Crippen molar-refractivity contribution in [3.8, 4) is 0 Å². The minimum atomic E-state index is -0.119. The van der Waals surface area contributed by atoms with E-state index in [1.807, 2.05) is 26.0 Å². The lowest BCUT2D eigenvalue weighted by atomic mass is 10.0. The van der Waals surface area contributed by atoms with Crippen molar-refractivity contribution in [2.24, 2.45) is 0 Å². The highest BCUT2D eigenvalue weighted by Crippen LogP contribution is 2.34. The summed E-state index contributed by atoms with van der Waals surface area (Å²) in [6.07, 6.45) is 1.58. The largest absolute Gasteiger partial charge is 0.304 e. The van der Waals surface area contributed by atoms with Gasteiger partial charge in [-0.2, -0.15) is 0 Å². The Kier molecular flexibility index (Phi) is 3.71. The maximum atomic E-state index is 11.9. The molecule has 1 fully saturated rings. The average molecular weight is 266 g/mol. The van der Waals surface area contributed by atoms with Crippen molar-refractivity contribution in [1.82, 2.24) is 0 Å². The summed E-state index contributed by atoms with van der Waals surface area (Å²) in [7, 11) is 0. The number of amides is 1. The predicted octanol–water partition coefficient (Wildman–Crippen LogP) is 2.77. The molecule has 3 nitrogen and oxygen atoms in total. The van der Waals surface area contributed by atoms with E-state index < -0.39 is 0 Å². The Morgan fingerprint density at radius 1 is 1.22 bits per heavy atom. The lowest BCUT2D eigenvalue weighted by Gasteiger charge is -2.23. The predicted molar refractivity (Wildman–Crippen MR) is 72.2 cm³/mol. The van der Waals surface area contributed by atoms with Crippen molar-refractivity contribution in [3.63, 3.8) is 0 Å². The summed E-state index contributed by atoms with van der Waals surface area (Å²) in [4.78, 5) is 24.9. The quantitative estimate of drug-likeness (QED) is 0.788. The normalized spacial score (nSPS) is 15.6. The molecule has 1 saturated heterocycles. The number of carbonyl (C=O) groups excluding carboxylic acids is 2. The number of hydrogen-bond donors (Lipinski definition) is 0. The number of halogens is 1. The number of aryl methyl sites for hydroxylation is 1. The third-order valence-electron chi connectivity index (χ3n) is 3.30. The van der Waals surface area contributed by atoms with Crippen LogP contribution in [-0.4, -0.2) is 18.2 Å². The van der Waals surface area contributed by atoms with E-state index in [4.69, 9.17) is 11.6 Å². The molecular weight excluding hydrogens is 250 g/mol. The van der Waals surface area contributed by atoms with Crippen molar-refractivity contribution in [3.05, 3.63) is 28.3 Å². The van der Waals surface area contributed by atoms with E-state index >= 15 is 0 Å². The molecule has 1 heterocycles. The summed E-state index contributed by atoms with van der Waals surface area (Å²) in [6.45, 7) is 4.22. The molecule has 1 amide bonds. The van der Waals surface area contributed by atoms with Crippen molar-refractivity contribution < 1.29 is 9.59 Å². The average Bonchev–Trinajstić information content (AvgIpc) is 2.67. The van der Waals surface area contributed by atoms with Gasteiger partial charge in [0.25, 0.3) is 0 Å². The molecule has 0 aliphatic carbocycles. The van der Waals surface area contributed by atoms with Gasteiger partial charge in [-0.05, 0) is 30.0 Å². The molecule has 0 spiro atoms. The molecule has 0 bridgehead atoms. The monoisotopic (exact) mass is 265 g/mol. The second-order valence-corrected chi connectivity index (χ2v) is 4.84. The molecule has 0 N–H and O–H groups in total. The van der Waals surface area contributed by atoms with Crippen molar-refractivity contribution in [2.45, 2.75) is 33.1 Å². The molecule has 1 aliphatic rings. The van der Waals surface area contributed by atoms with Crippen molar-refractivity contribution >= 4 is 29.0 Å². The number of Topliss-reactive ketones (excluding diaryl/α,β-unsaturated/α-hetero) is 1. The van der Waals surface area contributed by atoms with Crippen LogP contribution in [0.15, 0.2) is 12.1 Å². The highest BCUT2D eigenvalue weighted by Gasteiger charge is 2.31. The molecule has 4 heteroatoms. The van der Waals surface area contributed by atoms with E-state index in [-0.39, 0.29) is 24.7 Å². The van der Waals surface area contributed by atoms with Crippen LogP contribution in [0.3, 0.4) is 0 Å². The Labute approximate surface area is 112 Å². The fourth-order valence-electron chi connectivity index (χ4n) is 2.41. The number of hydrogen-bond acceptors (Lipinski definition) is 2. The molecular formula is C14H16ClNO2. The standard InChI is InChI=1S/C14H16ClNO2/c1-3-9-5-6-12(15)11(4-2)14(9)16-8-10(17)7-13(16)18/h5-6H,3-4,7-8H2,1-2H3. The SMILES string of the molecule is CCc1ccc(Cl)c(CC)c1N1CC(=O)CC1=O. The summed E-state index contributed by atoms with van der Waals surface area (Å²) in [5.74, 6) is -0.143. The highest BCUT2D eigenvalue weighted by molar-refractivity contribution is 6.32. The fraction of sp³-hybridized carbons (Fsp3) is 0.429. The summed E-state index contributed by atoms with van der Waals surface area (Å²) < 4.78 is 0. The first-order chi connectivity index (χ1) is 8.58. The molecule has 0 aromatic heterocycles. The number of benzene rings is 1. The Bertz CT molecular complexity index is 511. The Morgan fingerprint density at radius 2 is 1.94 bits per heavy atom. The molecule has 2 rings (SSSR count).